The number of rotatable bonds is 8. The van der Waals surface area contributed by atoms with Crippen LogP contribution in [0.15, 0.2) is 0 Å². The zero-order chi connectivity index (χ0) is 11.7. The maximum Gasteiger partial charge on any atom is 0.227 e. The predicted molar refractivity (Wildman–Crippen MR) is 60.8 cm³/mol. The first-order valence-corrected chi connectivity index (χ1v) is 7.04. The Bertz CT molecular complexity index is 285. The summed E-state index contributed by atoms with van der Waals surface area (Å²) >= 11 is 0. The molecule has 0 fully saturated rings. The van der Waals surface area contributed by atoms with Crippen molar-refractivity contribution in [2.45, 2.75) is 39.5 Å². The van der Waals surface area contributed by atoms with Crippen LogP contribution in [0.3, 0.4) is 0 Å². The molecule has 0 N–H and O–H groups in total. The van der Waals surface area contributed by atoms with Crippen LogP contribution in [0.25, 0.3) is 0 Å². The van der Waals surface area contributed by atoms with E-state index in [1.165, 1.54) is 4.31 Å². The molecule has 0 saturated heterocycles. The zero-order valence-corrected chi connectivity index (χ0v) is 10.4. The second-order valence-electron chi connectivity index (χ2n) is 3.52. The molecule has 0 rings (SSSR count). The lowest BCUT2D eigenvalue weighted by Gasteiger charge is -2.20. The molecular weight excluding hydrogens is 212 g/mol. The van der Waals surface area contributed by atoms with Gasteiger partial charge in [0.15, 0.2) is 5.75 Å². The first-order valence-electron chi connectivity index (χ1n) is 5.43. The summed E-state index contributed by atoms with van der Waals surface area (Å²) < 4.78 is 24.7. The molecule has 0 aromatic rings. The number of unbranched alkanes of at least 4 members (excludes halogenated alkanes) is 2. The van der Waals surface area contributed by atoms with Gasteiger partial charge in [0.05, 0.1) is 6.07 Å². The summed E-state index contributed by atoms with van der Waals surface area (Å²) in [6.07, 6.45) is 3.64. The molecular formula is C10H20N2O2S. The highest BCUT2D eigenvalue weighted by molar-refractivity contribution is 7.89. The summed E-state index contributed by atoms with van der Waals surface area (Å²) in [5.74, 6) is -0.402. The van der Waals surface area contributed by atoms with E-state index in [4.69, 9.17) is 5.26 Å². The quantitative estimate of drug-likeness (QED) is 0.640. The smallest absolute Gasteiger partial charge is 0.211 e. The Morgan fingerprint density at radius 1 is 1.13 bits per heavy atom. The Labute approximate surface area is 92.9 Å². The van der Waals surface area contributed by atoms with E-state index in [-0.39, 0.29) is 0 Å². The first-order chi connectivity index (χ1) is 7.08. The average molecular weight is 232 g/mol. The molecule has 88 valence electrons. The molecule has 0 aliphatic carbocycles. The molecule has 15 heavy (non-hydrogen) atoms. The molecule has 0 aliphatic rings. The highest BCUT2D eigenvalue weighted by Gasteiger charge is 2.20. The Morgan fingerprint density at radius 2 is 1.60 bits per heavy atom. The lowest BCUT2D eigenvalue weighted by Crippen LogP contribution is -2.34. The second kappa shape index (κ2) is 7.66. The molecule has 0 unspecified atom stereocenters. The minimum atomic E-state index is -3.34. The number of hydrogen-bond acceptors (Lipinski definition) is 3. The van der Waals surface area contributed by atoms with Crippen LogP contribution < -0.4 is 0 Å². The lowest BCUT2D eigenvalue weighted by molar-refractivity contribution is 0.397. The lowest BCUT2D eigenvalue weighted by atomic mass is 10.3. The molecule has 0 atom stereocenters. The van der Waals surface area contributed by atoms with Gasteiger partial charge in [-0.2, -0.15) is 5.26 Å². The summed E-state index contributed by atoms with van der Waals surface area (Å²) in [5, 5.41) is 8.45. The van der Waals surface area contributed by atoms with Crippen molar-refractivity contribution in [1.29, 1.82) is 5.26 Å². The van der Waals surface area contributed by atoms with Crippen molar-refractivity contribution in [1.82, 2.24) is 4.31 Å². The highest BCUT2D eigenvalue weighted by Crippen LogP contribution is 2.06. The van der Waals surface area contributed by atoms with E-state index in [0.717, 1.165) is 25.7 Å². The number of hydrogen-bond donors (Lipinski definition) is 0. The Kier molecular flexibility index (Phi) is 7.35. The van der Waals surface area contributed by atoms with E-state index >= 15 is 0 Å². The average Bonchev–Trinajstić information content (AvgIpc) is 2.17. The van der Waals surface area contributed by atoms with Crippen molar-refractivity contribution >= 4 is 10.0 Å². The molecule has 0 aliphatic heterocycles. The third kappa shape index (κ3) is 5.75. The standard InChI is InChI=1S/C10H20N2O2S/c1-3-5-8-12(9-6-4-2)15(13,14)10-7-11/h3-6,8-10H2,1-2H3. The molecule has 0 spiro atoms. The summed E-state index contributed by atoms with van der Waals surface area (Å²) in [5.41, 5.74) is 0. The van der Waals surface area contributed by atoms with Gasteiger partial charge in [0.1, 0.15) is 0 Å². The molecule has 0 amide bonds. The van der Waals surface area contributed by atoms with Crippen LogP contribution in [-0.4, -0.2) is 31.6 Å². The monoisotopic (exact) mass is 232 g/mol. The van der Waals surface area contributed by atoms with Gasteiger partial charge in [-0.3, -0.25) is 0 Å². The van der Waals surface area contributed by atoms with Crippen molar-refractivity contribution < 1.29 is 8.42 Å². The van der Waals surface area contributed by atoms with Gasteiger partial charge in [0, 0.05) is 13.1 Å². The van der Waals surface area contributed by atoms with Crippen LogP contribution >= 0.6 is 0 Å². The Balaban J connectivity index is 4.40. The van der Waals surface area contributed by atoms with Crippen molar-refractivity contribution in [2.24, 2.45) is 0 Å². The van der Waals surface area contributed by atoms with E-state index < -0.39 is 15.8 Å². The van der Waals surface area contributed by atoms with Crippen LogP contribution in [0.2, 0.25) is 0 Å². The van der Waals surface area contributed by atoms with Gasteiger partial charge in [0.25, 0.3) is 0 Å². The van der Waals surface area contributed by atoms with Crippen molar-refractivity contribution in [3.05, 3.63) is 0 Å². The number of nitriles is 1. The van der Waals surface area contributed by atoms with Crippen molar-refractivity contribution in [2.75, 3.05) is 18.8 Å². The van der Waals surface area contributed by atoms with Gasteiger partial charge in [-0.1, -0.05) is 26.7 Å². The minimum absolute atomic E-state index is 0.402. The van der Waals surface area contributed by atoms with Gasteiger partial charge >= 0.3 is 0 Å². The number of sulfonamides is 1. The molecule has 0 heterocycles. The normalized spacial score (nSPS) is 11.6. The van der Waals surface area contributed by atoms with Crippen LogP contribution in [0.1, 0.15) is 39.5 Å². The van der Waals surface area contributed by atoms with E-state index in [0.29, 0.717) is 13.1 Å². The van der Waals surface area contributed by atoms with E-state index in [2.05, 4.69) is 0 Å². The van der Waals surface area contributed by atoms with E-state index in [1.54, 1.807) is 6.07 Å². The van der Waals surface area contributed by atoms with E-state index in [9.17, 15) is 8.42 Å². The highest BCUT2D eigenvalue weighted by atomic mass is 32.2. The fourth-order valence-corrected chi connectivity index (χ4v) is 2.39. The number of nitrogens with zero attached hydrogens (tertiary/aromatic N) is 2. The van der Waals surface area contributed by atoms with Crippen molar-refractivity contribution in [3.63, 3.8) is 0 Å². The third-order valence-electron chi connectivity index (χ3n) is 2.16. The predicted octanol–water partition coefficient (Wildman–Crippen LogP) is 1.74. The maximum absolute atomic E-state index is 11.6. The fourth-order valence-electron chi connectivity index (χ4n) is 1.23. The van der Waals surface area contributed by atoms with Crippen LogP contribution in [0.4, 0.5) is 0 Å². The summed E-state index contributed by atoms with van der Waals surface area (Å²) in [4.78, 5) is 0. The van der Waals surface area contributed by atoms with Crippen molar-refractivity contribution in [3.8, 4) is 6.07 Å². The van der Waals surface area contributed by atoms with Gasteiger partial charge < -0.3 is 0 Å². The minimum Gasteiger partial charge on any atom is -0.211 e. The van der Waals surface area contributed by atoms with Gasteiger partial charge in [-0.05, 0) is 12.8 Å². The zero-order valence-electron chi connectivity index (χ0n) is 9.57. The summed E-state index contributed by atoms with van der Waals surface area (Å²) in [7, 11) is -3.34. The largest absolute Gasteiger partial charge is 0.227 e. The van der Waals surface area contributed by atoms with Crippen LogP contribution in [0, 0.1) is 11.3 Å². The molecule has 0 saturated carbocycles. The topological polar surface area (TPSA) is 61.2 Å². The second-order valence-corrected chi connectivity index (χ2v) is 5.49. The maximum atomic E-state index is 11.6. The SMILES string of the molecule is CCCCN(CCCC)S(=O)(=O)CC#N. The van der Waals surface area contributed by atoms with E-state index in [1.807, 2.05) is 13.8 Å². The Hall–Kier alpha value is -0.600. The first kappa shape index (κ1) is 14.4. The van der Waals surface area contributed by atoms with Gasteiger partial charge in [-0.15, -0.1) is 0 Å². The molecule has 5 heteroatoms. The van der Waals surface area contributed by atoms with Gasteiger partial charge in [-0.25, -0.2) is 12.7 Å². The van der Waals surface area contributed by atoms with Crippen LogP contribution in [0.5, 0.6) is 0 Å². The Morgan fingerprint density at radius 3 is 1.93 bits per heavy atom. The molecule has 0 aromatic carbocycles. The van der Waals surface area contributed by atoms with Gasteiger partial charge in [0.2, 0.25) is 10.0 Å². The summed E-state index contributed by atoms with van der Waals surface area (Å²) in [6.45, 7) is 5.13. The molecule has 0 radical (unpaired) electrons. The molecule has 0 bridgehead atoms. The van der Waals surface area contributed by atoms with Crippen LogP contribution in [-0.2, 0) is 10.0 Å². The molecule has 4 nitrogen and oxygen atoms in total. The molecule has 0 aromatic heterocycles. The summed E-state index contributed by atoms with van der Waals surface area (Å²) in [6, 6.07) is 1.71. The fraction of sp³-hybridized carbons (Fsp3) is 0.900. The third-order valence-corrected chi connectivity index (χ3v) is 3.81.